The fraction of sp³-hybridized carbons (Fsp3) is 0.650. The minimum absolute atomic E-state index is 0.00895. The summed E-state index contributed by atoms with van der Waals surface area (Å²) in [6.45, 7) is 7.49. The lowest BCUT2D eigenvalue weighted by atomic mass is 9.79. The summed E-state index contributed by atoms with van der Waals surface area (Å²) in [6.07, 6.45) is 4.83. The van der Waals surface area contributed by atoms with Gasteiger partial charge in [0, 0.05) is 12.6 Å². The van der Waals surface area contributed by atoms with Gasteiger partial charge in [-0.3, -0.25) is 9.69 Å². The van der Waals surface area contributed by atoms with Gasteiger partial charge in [-0.2, -0.15) is 0 Å². The Kier molecular flexibility index (Phi) is 5.05. The summed E-state index contributed by atoms with van der Waals surface area (Å²) in [6, 6.07) is 10.6. The Morgan fingerprint density at radius 1 is 1.13 bits per heavy atom. The molecule has 0 bridgehead atoms. The molecule has 0 N–H and O–H groups in total. The standard InChI is InChI=1S/C20H29NO2/c1-14(2)17-11-7-8-12-19(17)23-20(22)18-13-21(18)15(3)16-9-5-4-6-10-16/h4-6,9-10,14-15,17-19H,7-8,11-13H2,1-3H3/t15-,17+,18+,19-,21?/m1/s1. The summed E-state index contributed by atoms with van der Waals surface area (Å²) < 4.78 is 5.92. The minimum Gasteiger partial charge on any atom is -0.461 e. The largest absolute Gasteiger partial charge is 0.461 e. The van der Waals surface area contributed by atoms with Crippen LogP contribution in [0, 0.1) is 11.8 Å². The van der Waals surface area contributed by atoms with Crippen molar-refractivity contribution in [1.29, 1.82) is 0 Å². The first-order chi connectivity index (χ1) is 11.1. The van der Waals surface area contributed by atoms with Crippen molar-refractivity contribution in [3.8, 4) is 0 Å². The molecule has 1 aliphatic heterocycles. The van der Waals surface area contributed by atoms with Crippen LogP contribution in [0.15, 0.2) is 30.3 Å². The molecule has 0 aromatic heterocycles. The van der Waals surface area contributed by atoms with E-state index in [0.717, 1.165) is 13.0 Å². The molecule has 1 heterocycles. The summed E-state index contributed by atoms with van der Waals surface area (Å²) in [4.78, 5) is 14.8. The zero-order valence-electron chi connectivity index (χ0n) is 14.6. The average Bonchev–Trinajstić information content (AvgIpc) is 3.36. The molecule has 0 spiro atoms. The first-order valence-electron chi connectivity index (χ1n) is 9.09. The number of carbonyl (C=O) groups is 1. The van der Waals surface area contributed by atoms with Crippen LogP contribution in [-0.4, -0.2) is 29.6 Å². The lowest BCUT2D eigenvalue weighted by molar-refractivity contribution is -0.155. The van der Waals surface area contributed by atoms with E-state index in [-0.39, 0.29) is 24.2 Å². The molecule has 3 rings (SSSR count). The van der Waals surface area contributed by atoms with Crippen LogP contribution in [0.4, 0.5) is 0 Å². The highest BCUT2D eigenvalue weighted by Crippen LogP contribution is 2.36. The minimum atomic E-state index is -0.0417. The maximum atomic E-state index is 12.5. The van der Waals surface area contributed by atoms with Crippen LogP contribution in [0.25, 0.3) is 0 Å². The number of benzene rings is 1. The molecule has 1 aromatic rings. The fourth-order valence-electron chi connectivity index (χ4n) is 3.98. The van der Waals surface area contributed by atoms with E-state index in [0.29, 0.717) is 11.8 Å². The highest BCUT2D eigenvalue weighted by molar-refractivity contribution is 5.79. The molecule has 0 radical (unpaired) electrons. The second-order valence-electron chi connectivity index (χ2n) is 7.47. The van der Waals surface area contributed by atoms with Crippen LogP contribution in [-0.2, 0) is 9.53 Å². The smallest absolute Gasteiger partial charge is 0.325 e. The Hall–Kier alpha value is -1.35. The second-order valence-corrected chi connectivity index (χ2v) is 7.47. The molecule has 3 nitrogen and oxygen atoms in total. The molecule has 1 aromatic carbocycles. The SMILES string of the molecule is CC(C)[C@@H]1CCCC[C@H]1OC(=O)[C@@H]1CN1[C@H](C)c1ccccc1. The van der Waals surface area contributed by atoms with Crippen molar-refractivity contribution in [2.45, 2.75) is 64.6 Å². The third-order valence-corrected chi connectivity index (χ3v) is 5.58. The average molecular weight is 315 g/mol. The van der Waals surface area contributed by atoms with E-state index >= 15 is 0 Å². The van der Waals surface area contributed by atoms with Gasteiger partial charge in [-0.15, -0.1) is 0 Å². The number of rotatable bonds is 5. The number of carbonyl (C=O) groups excluding carboxylic acids is 1. The van der Waals surface area contributed by atoms with Crippen molar-refractivity contribution in [2.24, 2.45) is 11.8 Å². The van der Waals surface area contributed by atoms with E-state index in [1.807, 2.05) is 6.07 Å². The molecule has 1 unspecified atom stereocenters. The van der Waals surface area contributed by atoms with E-state index in [9.17, 15) is 4.79 Å². The van der Waals surface area contributed by atoms with Crippen LogP contribution in [0.2, 0.25) is 0 Å². The molecule has 126 valence electrons. The number of hydrogen-bond donors (Lipinski definition) is 0. The molecule has 3 heteroatoms. The van der Waals surface area contributed by atoms with Crippen LogP contribution in [0.1, 0.15) is 58.1 Å². The van der Waals surface area contributed by atoms with Gasteiger partial charge in [0.1, 0.15) is 12.1 Å². The summed E-state index contributed by atoms with van der Waals surface area (Å²) >= 11 is 0. The third kappa shape index (κ3) is 3.77. The normalized spacial score (nSPS) is 31.7. The van der Waals surface area contributed by atoms with Gasteiger partial charge < -0.3 is 4.74 Å². The molecule has 5 atom stereocenters. The van der Waals surface area contributed by atoms with E-state index in [4.69, 9.17) is 4.74 Å². The van der Waals surface area contributed by atoms with Gasteiger partial charge in [0.2, 0.25) is 0 Å². The first-order valence-corrected chi connectivity index (χ1v) is 9.09. The van der Waals surface area contributed by atoms with E-state index in [2.05, 4.69) is 49.9 Å². The molecule has 2 aliphatic rings. The van der Waals surface area contributed by atoms with Crippen LogP contribution in [0.3, 0.4) is 0 Å². The van der Waals surface area contributed by atoms with E-state index in [1.165, 1.54) is 24.8 Å². The first kappa shape index (κ1) is 16.5. The molecule has 23 heavy (non-hydrogen) atoms. The monoisotopic (exact) mass is 315 g/mol. The summed E-state index contributed by atoms with van der Waals surface area (Å²) in [5.41, 5.74) is 1.26. The van der Waals surface area contributed by atoms with Gasteiger partial charge in [-0.25, -0.2) is 0 Å². The Bertz CT molecular complexity index is 528. The molecular weight excluding hydrogens is 286 g/mol. The predicted molar refractivity (Wildman–Crippen MR) is 92.0 cm³/mol. The quantitative estimate of drug-likeness (QED) is 0.603. The van der Waals surface area contributed by atoms with Gasteiger partial charge in [0.25, 0.3) is 0 Å². The summed E-state index contributed by atoms with van der Waals surface area (Å²) in [5.74, 6) is 1.11. The molecule has 2 fully saturated rings. The van der Waals surface area contributed by atoms with Crippen molar-refractivity contribution in [3.05, 3.63) is 35.9 Å². The predicted octanol–water partition coefficient (Wildman–Crippen LogP) is 4.19. The van der Waals surface area contributed by atoms with Crippen LogP contribution >= 0.6 is 0 Å². The van der Waals surface area contributed by atoms with E-state index < -0.39 is 0 Å². The maximum absolute atomic E-state index is 12.5. The lowest BCUT2D eigenvalue weighted by Gasteiger charge is -2.33. The molecule has 1 saturated carbocycles. The number of hydrogen-bond acceptors (Lipinski definition) is 3. The van der Waals surface area contributed by atoms with Crippen molar-refractivity contribution in [3.63, 3.8) is 0 Å². The second kappa shape index (κ2) is 7.04. The van der Waals surface area contributed by atoms with Gasteiger partial charge in [0.05, 0.1) is 0 Å². The van der Waals surface area contributed by atoms with Gasteiger partial charge >= 0.3 is 5.97 Å². The molecule has 0 amide bonds. The van der Waals surface area contributed by atoms with Crippen LogP contribution < -0.4 is 0 Å². The maximum Gasteiger partial charge on any atom is 0.325 e. The lowest BCUT2D eigenvalue weighted by Crippen LogP contribution is -2.35. The van der Waals surface area contributed by atoms with Crippen molar-refractivity contribution < 1.29 is 9.53 Å². The molecular formula is C20H29NO2. The Morgan fingerprint density at radius 3 is 2.52 bits per heavy atom. The van der Waals surface area contributed by atoms with Gasteiger partial charge in [-0.1, -0.05) is 50.6 Å². The number of esters is 1. The Morgan fingerprint density at radius 2 is 1.83 bits per heavy atom. The summed E-state index contributed by atoms with van der Waals surface area (Å²) in [7, 11) is 0. The molecule has 1 saturated heterocycles. The third-order valence-electron chi connectivity index (χ3n) is 5.58. The van der Waals surface area contributed by atoms with Crippen molar-refractivity contribution in [2.75, 3.05) is 6.54 Å². The Labute approximate surface area is 140 Å². The van der Waals surface area contributed by atoms with Crippen LogP contribution in [0.5, 0.6) is 0 Å². The van der Waals surface area contributed by atoms with Crippen molar-refractivity contribution in [1.82, 2.24) is 4.90 Å². The zero-order valence-corrected chi connectivity index (χ0v) is 14.6. The highest BCUT2D eigenvalue weighted by Gasteiger charge is 2.46. The summed E-state index contributed by atoms with van der Waals surface area (Å²) in [5, 5.41) is 0. The number of nitrogens with zero attached hydrogens (tertiary/aromatic N) is 1. The zero-order chi connectivity index (χ0) is 16.4. The Balaban J connectivity index is 1.56. The van der Waals surface area contributed by atoms with E-state index in [1.54, 1.807) is 0 Å². The molecule has 1 aliphatic carbocycles. The van der Waals surface area contributed by atoms with Crippen molar-refractivity contribution >= 4 is 5.97 Å². The van der Waals surface area contributed by atoms with Gasteiger partial charge in [0.15, 0.2) is 0 Å². The number of ether oxygens (including phenoxy) is 1. The highest BCUT2D eigenvalue weighted by atomic mass is 16.5. The fourth-order valence-corrected chi connectivity index (χ4v) is 3.98. The van der Waals surface area contributed by atoms with Gasteiger partial charge in [-0.05, 0) is 43.6 Å². The topological polar surface area (TPSA) is 29.3 Å².